The minimum atomic E-state index is -1.03. The first-order valence-electron chi connectivity index (χ1n) is 6.50. The topological polar surface area (TPSA) is 75.1 Å². The fourth-order valence-electron chi connectivity index (χ4n) is 1.82. The predicted molar refractivity (Wildman–Crippen MR) is 74.9 cm³/mol. The van der Waals surface area contributed by atoms with Gasteiger partial charge in [0.2, 0.25) is 5.91 Å². The molecule has 2 aromatic rings. The van der Waals surface area contributed by atoms with E-state index in [0.29, 0.717) is 19.4 Å². The standard InChI is InChI=1S/C15H17N3O2/c19-14(10-12-4-2-1-3-5-12)15(20)18-7-6-13-11-16-8-9-17-13/h1-5,8-9,11,14,19H,6-7,10H2,(H,18,20)/t14-/m0/s1. The molecule has 0 bridgehead atoms. The van der Waals surface area contributed by atoms with Crippen molar-refractivity contribution < 1.29 is 9.90 Å². The lowest BCUT2D eigenvalue weighted by Gasteiger charge is -2.11. The number of nitrogens with zero attached hydrogens (tertiary/aromatic N) is 2. The molecule has 0 aliphatic heterocycles. The molecule has 1 amide bonds. The number of benzene rings is 1. The normalized spacial score (nSPS) is 11.8. The maximum Gasteiger partial charge on any atom is 0.249 e. The Morgan fingerprint density at radius 2 is 2.05 bits per heavy atom. The van der Waals surface area contributed by atoms with Crippen LogP contribution in [0.2, 0.25) is 0 Å². The Labute approximate surface area is 117 Å². The highest BCUT2D eigenvalue weighted by molar-refractivity contribution is 5.80. The van der Waals surface area contributed by atoms with Crippen molar-refractivity contribution in [1.29, 1.82) is 0 Å². The summed E-state index contributed by atoms with van der Waals surface area (Å²) in [6.45, 7) is 0.434. The van der Waals surface area contributed by atoms with Crippen molar-refractivity contribution >= 4 is 5.91 Å². The van der Waals surface area contributed by atoms with E-state index in [9.17, 15) is 9.90 Å². The van der Waals surface area contributed by atoms with Crippen molar-refractivity contribution in [3.05, 3.63) is 60.2 Å². The third kappa shape index (κ3) is 4.44. The second-order valence-electron chi connectivity index (χ2n) is 4.44. The average molecular weight is 271 g/mol. The summed E-state index contributed by atoms with van der Waals surface area (Å²) in [6.07, 6.45) is 4.76. The minimum Gasteiger partial charge on any atom is -0.383 e. The molecule has 104 valence electrons. The first kappa shape index (κ1) is 14.1. The fraction of sp³-hybridized carbons (Fsp3) is 0.267. The van der Waals surface area contributed by atoms with Crippen LogP contribution in [0.25, 0.3) is 0 Å². The molecule has 0 radical (unpaired) electrons. The molecule has 5 heteroatoms. The number of aliphatic hydroxyl groups excluding tert-OH is 1. The lowest BCUT2D eigenvalue weighted by Crippen LogP contribution is -2.37. The summed E-state index contributed by atoms with van der Waals surface area (Å²) >= 11 is 0. The molecular weight excluding hydrogens is 254 g/mol. The van der Waals surface area contributed by atoms with Gasteiger partial charge < -0.3 is 10.4 Å². The van der Waals surface area contributed by atoms with Crippen LogP contribution < -0.4 is 5.32 Å². The first-order chi connectivity index (χ1) is 9.75. The quantitative estimate of drug-likeness (QED) is 0.812. The number of rotatable bonds is 6. The van der Waals surface area contributed by atoms with Gasteiger partial charge in [-0.2, -0.15) is 0 Å². The Bertz CT molecular complexity index is 531. The summed E-state index contributed by atoms with van der Waals surface area (Å²) in [6, 6.07) is 9.44. The third-order valence-corrected chi connectivity index (χ3v) is 2.87. The maximum absolute atomic E-state index is 11.7. The highest BCUT2D eigenvalue weighted by atomic mass is 16.3. The summed E-state index contributed by atoms with van der Waals surface area (Å²) in [7, 11) is 0. The van der Waals surface area contributed by atoms with Crippen LogP contribution in [-0.2, 0) is 17.6 Å². The van der Waals surface area contributed by atoms with E-state index in [1.807, 2.05) is 30.3 Å². The van der Waals surface area contributed by atoms with Gasteiger partial charge in [0, 0.05) is 38.0 Å². The molecule has 1 aromatic heterocycles. The Balaban J connectivity index is 1.74. The van der Waals surface area contributed by atoms with Gasteiger partial charge >= 0.3 is 0 Å². The molecule has 5 nitrogen and oxygen atoms in total. The highest BCUT2D eigenvalue weighted by Crippen LogP contribution is 2.03. The smallest absolute Gasteiger partial charge is 0.249 e. The van der Waals surface area contributed by atoms with E-state index in [1.54, 1.807) is 18.6 Å². The van der Waals surface area contributed by atoms with Crippen LogP contribution in [0, 0.1) is 0 Å². The summed E-state index contributed by atoms with van der Waals surface area (Å²) in [5.74, 6) is -0.363. The van der Waals surface area contributed by atoms with Gasteiger partial charge in [-0.05, 0) is 5.56 Å². The molecule has 1 aromatic carbocycles. The van der Waals surface area contributed by atoms with E-state index in [-0.39, 0.29) is 5.91 Å². The fourth-order valence-corrected chi connectivity index (χ4v) is 1.82. The number of aromatic nitrogens is 2. The number of aliphatic hydroxyl groups is 1. The van der Waals surface area contributed by atoms with Crippen LogP contribution in [-0.4, -0.2) is 33.6 Å². The Hall–Kier alpha value is -2.27. The van der Waals surface area contributed by atoms with Gasteiger partial charge in [-0.15, -0.1) is 0 Å². The maximum atomic E-state index is 11.7. The molecule has 0 aliphatic rings. The molecule has 0 saturated carbocycles. The van der Waals surface area contributed by atoms with Crippen LogP contribution in [0.4, 0.5) is 0 Å². The van der Waals surface area contributed by atoms with Crippen LogP contribution in [0.15, 0.2) is 48.9 Å². The molecule has 0 unspecified atom stereocenters. The van der Waals surface area contributed by atoms with Gasteiger partial charge in [0.1, 0.15) is 6.10 Å². The largest absolute Gasteiger partial charge is 0.383 e. The van der Waals surface area contributed by atoms with E-state index in [4.69, 9.17) is 0 Å². The summed E-state index contributed by atoms with van der Waals surface area (Å²) < 4.78 is 0. The minimum absolute atomic E-state index is 0.317. The Morgan fingerprint density at radius 3 is 2.75 bits per heavy atom. The number of hydrogen-bond acceptors (Lipinski definition) is 4. The summed E-state index contributed by atoms with van der Waals surface area (Å²) in [5.41, 5.74) is 1.74. The molecule has 20 heavy (non-hydrogen) atoms. The Morgan fingerprint density at radius 1 is 1.25 bits per heavy atom. The van der Waals surface area contributed by atoms with E-state index < -0.39 is 6.10 Å². The van der Waals surface area contributed by atoms with Crippen molar-refractivity contribution in [3.8, 4) is 0 Å². The molecule has 2 rings (SSSR count). The number of carbonyl (C=O) groups excluding carboxylic acids is 1. The molecule has 0 aliphatic carbocycles. The highest BCUT2D eigenvalue weighted by Gasteiger charge is 2.14. The molecule has 1 heterocycles. The van der Waals surface area contributed by atoms with Crippen LogP contribution in [0.1, 0.15) is 11.3 Å². The lowest BCUT2D eigenvalue weighted by molar-refractivity contribution is -0.129. The van der Waals surface area contributed by atoms with Crippen LogP contribution in [0.5, 0.6) is 0 Å². The zero-order valence-corrected chi connectivity index (χ0v) is 11.1. The lowest BCUT2D eigenvalue weighted by atomic mass is 10.1. The summed E-state index contributed by atoms with van der Waals surface area (Å²) in [4.78, 5) is 19.8. The molecular formula is C15H17N3O2. The van der Waals surface area contributed by atoms with E-state index in [0.717, 1.165) is 11.3 Å². The Kier molecular flexibility index (Phi) is 5.20. The molecule has 1 atom stereocenters. The molecule has 0 saturated heterocycles. The number of nitrogens with one attached hydrogen (secondary N) is 1. The number of amides is 1. The second kappa shape index (κ2) is 7.35. The van der Waals surface area contributed by atoms with Gasteiger partial charge in [-0.25, -0.2) is 0 Å². The SMILES string of the molecule is O=C(NCCc1cnccn1)[C@@H](O)Cc1ccccc1. The van der Waals surface area contributed by atoms with E-state index in [1.165, 1.54) is 0 Å². The number of hydrogen-bond donors (Lipinski definition) is 2. The van der Waals surface area contributed by atoms with E-state index >= 15 is 0 Å². The van der Waals surface area contributed by atoms with Crippen LogP contribution in [0.3, 0.4) is 0 Å². The third-order valence-electron chi connectivity index (χ3n) is 2.87. The first-order valence-corrected chi connectivity index (χ1v) is 6.50. The number of carbonyl (C=O) groups is 1. The van der Waals surface area contributed by atoms with Gasteiger partial charge in [0.15, 0.2) is 0 Å². The van der Waals surface area contributed by atoms with Crippen molar-refractivity contribution in [2.75, 3.05) is 6.54 Å². The zero-order valence-electron chi connectivity index (χ0n) is 11.1. The summed E-state index contributed by atoms with van der Waals surface area (Å²) in [5, 5.41) is 12.5. The van der Waals surface area contributed by atoms with Crippen molar-refractivity contribution in [2.45, 2.75) is 18.9 Å². The van der Waals surface area contributed by atoms with Gasteiger partial charge in [0.25, 0.3) is 0 Å². The van der Waals surface area contributed by atoms with Crippen LogP contribution >= 0.6 is 0 Å². The average Bonchev–Trinajstić information content (AvgIpc) is 2.49. The van der Waals surface area contributed by atoms with Crippen molar-refractivity contribution in [3.63, 3.8) is 0 Å². The monoisotopic (exact) mass is 271 g/mol. The second-order valence-corrected chi connectivity index (χ2v) is 4.44. The van der Waals surface area contributed by atoms with Gasteiger partial charge in [-0.3, -0.25) is 14.8 Å². The van der Waals surface area contributed by atoms with Gasteiger partial charge in [0.05, 0.1) is 5.69 Å². The molecule has 0 spiro atoms. The predicted octanol–water partition coefficient (Wildman–Crippen LogP) is 0.739. The zero-order chi connectivity index (χ0) is 14.2. The van der Waals surface area contributed by atoms with Gasteiger partial charge in [-0.1, -0.05) is 30.3 Å². The molecule has 0 fully saturated rings. The molecule has 2 N–H and O–H groups in total. The van der Waals surface area contributed by atoms with Crippen molar-refractivity contribution in [2.24, 2.45) is 0 Å². The van der Waals surface area contributed by atoms with Crippen molar-refractivity contribution in [1.82, 2.24) is 15.3 Å². The van der Waals surface area contributed by atoms with E-state index in [2.05, 4.69) is 15.3 Å².